The zero-order valence-corrected chi connectivity index (χ0v) is 18.4. The topological polar surface area (TPSA) is 62.4 Å². The largest absolute Gasteiger partial charge is 0.573 e. The number of halogens is 5. The molecule has 0 aliphatic carbocycles. The van der Waals surface area contributed by atoms with Crippen LogP contribution in [0.15, 0.2) is 71.2 Å². The van der Waals surface area contributed by atoms with Crippen molar-refractivity contribution in [2.45, 2.75) is 6.36 Å². The number of ether oxygens (including phenoxy) is 1. The average Bonchev–Trinajstić information content (AvgIpc) is 2.71. The summed E-state index contributed by atoms with van der Waals surface area (Å²) in [7, 11) is 0. The average molecular weight is 528 g/mol. The van der Waals surface area contributed by atoms with Gasteiger partial charge in [0.2, 0.25) is 0 Å². The molecule has 0 fully saturated rings. The Balaban J connectivity index is 1.57. The van der Waals surface area contributed by atoms with Gasteiger partial charge in [0, 0.05) is 17.1 Å². The molecule has 0 aliphatic rings. The van der Waals surface area contributed by atoms with E-state index in [9.17, 15) is 22.4 Å². The maximum atomic E-state index is 13.7. The van der Waals surface area contributed by atoms with Crippen molar-refractivity contribution in [2.24, 2.45) is 0 Å². The van der Waals surface area contributed by atoms with E-state index in [4.69, 9.17) is 12.2 Å². The Bertz CT molecular complexity index is 1140. The second-order valence-electron chi connectivity index (χ2n) is 6.28. The van der Waals surface area contributed by atoms with E-state index in [0.29, 0.717) is 17.1 Å². The zero-order valence-electron chi connectivity index (χ0n) is 16.0. The molecule has 0 aromatic heterocycles. The lowest BCUT2D eigenvalue weighted by molar-refractivity contribution is -0.274. The van der Waals surface area contributed by atoms with Crippen molar-refractivity contribution in [2.75, 3.05) is 16.0 Å². The number of carbonyl (C=O) groups excluding carboxylic acids is 1. The van der Waals surface area contributed by atoms with Crippen LogP contribution in [-0.4, -0.2) is 17.4 Å². The van der Waals surface area contributed by atoms with Gasteiger partial charge in [-0.2, -0.15) is 0 Å². The van der Waals surface area contributed by atoms with Gasteiger partial charge in [0.25, 0.3) is 5.91 Å². The Hall–Kier alpha value is -3.18. The van der Waals surface area contributed by atoms with Crippen LogP contribution in [0.5, 0.6) is 5.75 Å². The second-order valence-corrected chi connectivity index (χ2v) is 7.55. The molecule has 0 atom stereocenters. The monoisotopic (exact) mass is 527 g/mol. The number of rotatable bonds is 5. The normalized spacial score (nSPS) is 10.9. The van der Waals surface area contributed by atoms with Crippen LogP contribution in [0.3, 0.4) is 0 Å². The van der Waals surface area contributed by atoms with Crippen LogP contribution in [0.25, 0.3) is 0 Å². The number of benzene rings is 3. The lowest BCUT2D eigenvalue weighted by Gasteiger charge is -2.14. The van der Waals surface area contributed by atoms with E-state index in [-0.39, 0.29) is 20.9 Å². The molecule has 0 bridgehead atoms. The molecule has 3 aromatic carbocycles. The standard InChI is InChI=1S/C21H14BrF4N3O2S/c22-16-11-14(9-10-18(16)31-21(24,25)26)29-20(32)28-13-7-5-12(6-8-13)27-19(30)15-3-1-2-4-17(15)23/h1-11H,(H,27,30)(H2,28,29,32). The minimum absolute atomic E-state index is 0.0714. The summed E-state index contributed by atoms with van der Waals surface area (Å²) in [6.45, 7) is 0. The lowest BCUT2D eigenvalue weighted by atomic mass is 10.2. The summed E-state index contributed by atoms with van der Waals surface area (Å²) in [5.41, 5.74) is 1.39. The van der Waals surface area contributed by atoms with Crippen molar-refractivity contribution in [3.05, 3.63) is 82.6 Å². The highest BCUT2D eigenvalue weighted by Crippen LogP contribution is 2.32. The number of hydrogen-bond acceptors (Lipinski definition) is 3. The van der Waals surface area contributed by atoms with Crippen molar-refractivity contribution < 1.29 is 27.1 Å². The number of anilines is 3. The summed E-state index contributed by atoms with van der Waals surface area (Å²) < 4.78 is 54.7. The molecule has 0 aliphatic heterocycles. The number of alkyl halides is 3. The van der Waals surface area contributed by atoms with Gasteiger partial charge in [-0.1, -0.05) is 12.1 Å². The molecule has 32 heavy (non-hydrogen) atoms. The minimum atomic E-state index is -4.80. The van der Waals surface area contributed by atoms with Crippen LogP contribution >= 0.6 is 28.1 Å². The number of amides is 1. The molecular weight excluding hydrogens is 514 g/mol. The Labute approximate surface area is 193 Å². The molecule has 0 saturated carbocycles. The summed E-state index contributed by atoms with van der Waals surface area (Å²) in [5.74, 6) is -1.58. The first-order valence-electron chi connectivity index (χ1n) is 8.90. The van der Waals surface area contributed by atoms with Gasteiger partial charge >= 0.3 is 6.36 Å². The highest BCUT2D eigenvalue weighted by molar-refractivity contribution is 9.10. The van der Waals surface area contributed by atoms with Crippen molar-refractivity contribution >= 4 is 56.2 Å². The van der Waals surface area contributed by atoms with Gasteiger partial charge in [-0.3, -0.25) is 4.79 Å². The fourth-order valence-corrected chi connectivity index (χ4v) is 3.26. The van der Waals surface area contributed by atoms with Gasteiger partial charge in [0.05, 0.1) is 10.0 Å². The molecule has 0 heterocycles. The predicted octanol–water partition coefficient (Wildman–Crippen LogP) is 6.55. The van der Waals surface area contributed by atoms with Crippen LogP contribution in [0.4, 0.5) is 34.6 Å². The highest BCUT2D eigenvalue weighted by atomic mass is 79.9. The summed E-state index contributed by atoms with van der Waals surface area (Å²) in [4.78, 5) is 12.2. The number of carbonyl (C=O) groups is 1. The number of hydrogen-bond donors (Lipinski definition) is 3. The maximum Gasteiger partial charge on any atom is 0.573 e. The molecule has 0 spiro atoms. The van der Waals surface area contributed by atoms with E-state index in [1.165, 1.54) is 30.3 Å². The SMILES string of the molecule is O=C(Nc1ccc(NC(=S)Nc2ccc(OC(F)(F)F)c(Br)c2)cc1)c1ccccc1F. The van der Waals surface area contributed by atoms with Crippen molar-refractivity contribution in [3.8, 4) is 5.75 Å². The van der Waals surface area contributed by atoms with E-state index in [0.717, 1.165) is 6.07 Å². The van der Waals surface area contributed by atoms with Crippen LogP contribution in [0.2, 0.25) is 0 Å². The molecule has 166 valence electrons. The highest BCUT2D eigenvalue weighted by Gasteiger charge is 2.31. The summed E-state index contributed by atoms with van der Waals surface area (Å²) >= 11 is 8.22. The first-order valence-corrected chi connectivity index (χ1v) is 10.1. The Morgan fingerprint density at radius 2 is 1.44 bits per heavy atom. The minimum Gasteiger partial charge on any atom is -0.405 e. The smallest absolute Gasteiger partial charge is 0.405 e. The Morgan fingerprint density at radius 1 is 0.875 bits per heavy atom. The number of nitrogens with one attached hydrogen (secondary N) is 3. The summed E-state index contributed by atoms with van der Waals surface area (Å²) in [6.07, 6.45) is -4.80. The maximum absolute atomic E-state index is 13.7. The number of thiocarbonyl (C=S) groups is 1. The third-order valence-electron chi connectivity index (χ3n) is 3.93. The molecule has 0 radical (unpaired) electrons. The van der Waals surface area contributed by atoms with E-state index < -0.39 is 18.1 Å². The molecule has 3 N–H and O–H groups in total. The van der Waals surface area contributed by atoms with Crippen molar-refractivity contribution in [1.82, 2.24) is 0 Å². The summed E-state index contributed by atoms with van der Waals surface area (Å²) in [5, 5.41) is 8.52. The molecule has 5 nitrogen and oxygen atoms in total. The third kappa shape index (κ3) is 6.66. The van der Waals surface area contributed by atoms with Crippen LogP contribution in [0.1, 0.15) is 10.4 Å². The fraction of sp³-hybridized carbons (Fsp3) is 0.0476. The van der Waals surface area contributed by atoms with E-state index in [1.54, 1.807) is 30.3 Å². The predicted molar refractivity (Wildman–Crippen MR) is 121 cm³/mol. The van der Waals surface area contributed by atoms with Gasteiger partial charge in [-0.15, -0.1) is 13.2 Å². The van der Waals surface area contributed by atoms with Crippen molar-refractivity contribution in [1.29, 1.82) is 0 Å². The third-order valence-corrected chi connectivity index (χ3v) is 4.76. The molecular formula is C21H14BrF4N3O2S. The van der Waals surface area contributed by atoms with Gasteiger partial charge < -0.3 is 20.7 Å². The Kier molecular flexibility index (Phi) is 7.31. The van der Waals surface area contributed by atoms with Gasteiger partial charge in [0.1, 0.15) is 11.6 Å². The molecule has 0 saturated heterocycles. The van der Waals surface area contributed by atoms with Gasteiger partial charge in [-0.05, 0) is 82.7 Å². The Morgan fingerprint density at radius 3 is 2.03 bits per heavy atom. The fourth-order valence-electron chi connectivity index (χ4n) is 2.56. The van der Waals surface area contributed by atoms with E-state index >= 15 is 0 Å². The van der Waals surface area contributed by atoms with Gasteiger partial charge in [0.15, 0.2) is 5.11 Å². The zero-order chi connectivity index (χ0) is 23.3. The quantitative estimate of drug-likeness (QED) is 0.259. The molecule has 1 amide bonds. The van der Waals surface area contributed by atoms with Crippen LogP contribution < -0.4 is 20.7 Å². The molecule has 3 rings (SSSR count). The first-order chi connectivity index (χ1) is 15.1. The van der Waals surface area contributed by atoms with Crippen molar-refractivity contribution in [3.63, 3.8) is 0 Å². The van der Waals surface area contributed by atoms with E-state index in [1.807, 2.05) is 0 Å². The molecule has 3 aromatic rings. The van der Waals surface area contributed by atoms with E-state index in [2.05, 4.69) is 36.6 Å². The first kappa shape index (κ1) is 23.5. The molecule has 11 heteroatoms. The van der Waals surface area contributed by atoms with Crippen LogP contribution in [-0.2, 0) is 0 Å². The lowest BCUT2D eigenvalue weighted by Crippen LogP contribution is -2.20. The molecule has 0 unspecified atom stereocenters. The summed E-state index contributed by atoms with van der Waals surface area (Å²) in [6, 6.07) is 16.0. The van der Waals surface area contributed by atoms with Crippen LogP contribution in [0, 0.1) is 5.82 Å². The second kappa shape index (κ2) is 9.96. The van der Waals surface area contributed by atoms with Gasteiger partial charge in [-0.25, -0.2) is 4.39 Å².